The summed E-state index contributed by atoms with van der Waals surface area (Å²) in [6.45, 7) is 1.77. The predicted molar refractivity (Wildman–Crippen MR) is 44.0 cm³/mol. The normalized spacial score (nSPS) is 13.0. The van der Waals surface area contributed by atoms with Crippen LogP contribution in [0.15, 0.2) is 0 Å². The van der Waals surface area contributed by atoms with Crippen LogP contribution < -0.4 is 5.32 Å². The molecule has 0 saturated carbocycles. The van der Waals surface area contributed by atoms with Gasteiger partial charge in [0.15, 0.2) is 0 Å². The number of hydrogen-bond acceptors (Lipinski definition) is 3. The number of hydrogen-bond donors (Lipinski definition) is 3. The van der Waals surface area contributed by atoms with Crippen molar-refractivity contribution in [1.82, 2.24) is 5.32 Å². The summed E-state index contributed by atoms with van der Waals surface area (Å²) in [5.41, 5.74) is 0. The van der Waals surface area contributed by atoms with E-state index >= 15 is 0 Å². The summed E-state index contributed by atoms with van der Waals surface area (Å²) in [4.78, 5) is 0. The van der Waals surface area contributed by atoms with E-state index < -0.39 is 0 Å². The molecule has 0 aromatic carbocycles. The molecule has 3 N–H and O–H groups in total. The minimum Gasteiger partial charge on any atom is -0.395 e. The summed E-state index contributed by atoms with van der Waals surface area (Å²) in [6, 6.07) is -0.352. The monoisotopic (exact) mass is 157 g/mol. The third kappa shape index (κ3) is 3.99. The number of rotatable bonds is 5. The van der Waals surface area contributed by atoms with Crippen LogP contribution in [0.1, 0.15) is 13.3 Å². The van der Waals surface area contributed by atoms with Crippen molar-refractivity contribution in [3.8, 4) is 12.3 Å². The van der Waals surface area contributed by atoms with Crippen molar-refractivity contribution in [3.63, 3.8) is 0 Å². The maximum atomic E-state index is 8.67. The molecule has 0 aliphatic heterocycles. The van der Waals surface area contributed by atoms with Crippen molar-refractivity contribution in [3.05, 3.63) is 0 Å². The standard InChI is InChI=1S/C8H15NO2/c1-3-7(4-2)9-8(5-10)6-11/h1,7-11H,4-6H2,2H3. The number of nitrogens with one attached hydrogen (secondary N) is 1. The first-order valence-electron chi connectivity index (χ1n) is 3.72. The SMILES string of the molecule is C#CC(CC)NC(CO)CO. The van der Waals surface area contributed by atoms with Crippen LogP contribution in [0.25, 0.3) is 0 Å². The molecular formula is C8H15NO2. The van der Waals surface area contributed by atoms with E-state index in [0.29, 0.717) is 0 Å². The van der Waals surface area contributed by atoms with Gasteiger partial charge in [-0.1, -0.05) is 12.8 Å². The molecule has 64 valence electrons. The minimum absolute atomic E-state index is 0.0562. The molecule has 0 saturated heterocycles. The van der Waals surface area contributed by atoms with E-state index in [1.54, 1.807) is 0 Å². The van der Waals surface area contributed by atoms with E-state index in [9.17, 15) is 0 Å². The van der Waals surface area contributed by atoms with Gasteiger partial charge in [0.1, 0.15) is 0 Å². The van der Waals surface area contributed by atoms with Crippen molar-refractivity contribution < 1.29 is 10.2 Å². The molecule has 1 unspecified atom stereocenters. The maximum Gasteiger partial charge on any atom is 0.0687 e. The van der Waals surface area contributed by atoms with E-state index in [1.807, 2.05) is 6.92 Å². The van der Waals surface area contributed by atoms with Crippen LogP contribution in [-0.4, -0.2) is 35.5 Å². The molecule has 0 aromatic heterocycles. The minimum atomic E-state index is -0.295. The zero-order valence-corrected chi connectivity index (χ0v) is 6.75. The zero-order valence-electron chi connectivity index (χ0n) is 6.75. The molecule has 3 heteroatoms. The molecule has 0 radical (unpaired) electrons. The summed E-state index contributed by atoms with van der Waals surface area (Å²) in [5, 5.41) is 20.3. The Kier molecular flexibility index (Phi) is 5.86. The fraction of sp³-hybridized carbons (Fsp3) is 0.750. The Morgan fingerprint density at radius 2 is 2.00 bits per heavy atom. The molecule has 0 aliphatic rings. The van der Waals surface area contributed by atoms with E-state index in [-0.39, 0.29) is 25.3 Å². The lowest BCUT2D eigenvalue weighted by molar-refractivity contribution is 0.166. The van der Waals surface area contributed by atoms with Gasteiger partial charge in [-0.25, -0.2) is 0 Å². The topological polar surface area (TPSA) is 52.5 Å². The van der Waals surface area contributed by atoms with Gasteiger partial charge in [-0.3, -0.25) is 5.32 Å². The van der Waals surface area contributed by atoms with Gasteiger partial charge in [-0.15, -0.1) is 6.42 Å². The third-order valence-electron chi connectivity index (χ3n) is 1.49. The van der Waals surface area contributed by atoms with Gasteiger partial charge in [0.2, 0.25) is 0 Å². The van der Waals surface area contributed by atoms with Crippen molar-refractivity contribution in [2.75, 3.05) is 13.2 Å². The molecular weight excluding hydrogens is 142 g/mol. The highest BCUT2D eigenvalue weighted by atomic mass is 16.3. The van der Waals surface area contributed by atoms with Gasteiger partial charge in [0.05, 0.1) is 25.3 Å². The first-order valence-corrected chi connectivity index (χ1v) is 3.72. The van der Waals surface area contributed by atoms with E-state index in [0.717, 1.165) is 6.42 Å². The van der Waals surface area contributed by atoms with Crippen LogP contribution in [0.3, 0.4) is 0 Å². The van der Waals surface area contributed by atoms with Crippen LogP contribution in [0, 0.1) is 12.3 Å². The Balaban J connectivity index is 3.70. The predicted octanol–water partition coefficient (Wildman–Crippen LogP) is -0.659. The van der Waals surface area contributed by atoms with Gasteiger partial charge in [-0.2, -0.15) is 0 Å². The third-order valence-corrected chi connectivity index (χ3v) is 1.49. The average molecular weight is 157 g/mol. The molecule has 0 spiro atoms. The van der Waals surface area contributed by atoms with E-state index in [4.69, 9.17) is 16.6 Å². The van der Waals surface area contributed by atoms with Gasteiger partial charge in [0.25, 0.3) is 0 Å². The zero-order chi connectivity index (χ0) is 8.69. The Labute approximate surface area is 67.4 Å². The average Bonchev–Trinajstić information content (AvgIpc) is 2.07. The van der Waals surface area contributed by atoms with Gasteiger partial charge in [-0.05, 0) is 6.42 Å². The Morgan fingerprint density at radius 3 is 2.27 bits per heavy atom. The maximum absolute atomic E-state index is 8.67. The van der Waals surface area contributed by atoms with Crippen LogP contribution >= 0.6 is 0 Å². The van der Waals surface area contributed by atoms with Crippen molar-refractivity contribution in [2.24, 2.45) is 0 Å². The summed E-state index contributed by atoms with van der Waals surface area (Å²) >= 11 is 0. The number of terminal acetylenes is 1. The molecule has 0 aromatic rings. The lowest BCUT2D eigenvalue weighted by atomic mass is 10.2. The Bertz CT molecular complexity index is 127. The lowest BCUT2D eigenvalue weighted by Crippen LogP contribution is -2.41. The second-order valence-electron chi connectivity index (χ2n) is 2.36. The molecule has 1 atom stereocenters. The molecule has 0 rings (SSSR count). The van der Waals surface area contributed by atoms with Gasteiger partial charge in [0, 0.05) is 0 Å². The molecule has 3 nitrogen and oxygen atoms in total. The summed E-state index contributed by atoms with van der Waals surface area (Å²) < 4.78 is 0. The lowest BCUT2D eigenvalue weighted by Gasteiger charge is -2.17. The quantitative estimate of drug-likeness (QED) is 0.464. The number of aliphatic hydroxyl groups is 2. The summed E-state index contributed by atoms with van der Waals surface area (Å²) in [7, 11) is 0. The highest BCUT2D eigenvalue weighted by Crippen LogP contribution is 1.90. The van der Waals surface area contributed by atoms with Crippen molar-refractivity contribution in [2.45, 2.75) is 25.4 Å². The second-order valence-corrected chi connectivity index (χ2v) is 2.36. The highest BCUT2D eigenvalue weighted by molar-refractivity contribution is 4.98. The van der Waals surface area contributed by atoms with Crippen LogP contribution in [0.5, 0.6) is 0 Å². The first kappa shape index (κ1) is 10.4. The first-order chi connectivity index (χ1) is 5.28. The summed E-state index contributed by atoms with van der Waals surface area (Å²) in [6.07, 6.45) is 5.96. The largest absolute Gasteiger partial charge is 0.395 e. The van der Waals surface area contributed by atoms with Gasteiger partial charge >= 0.3 is 0 Å². The van der Waals surface area contributed by atoms with Crippen molar-refractivity contribution >= 4 is 0 Å². The highest BCUT2D eigenvalue weighted by Gasteiger charge is 2.08. The Morgan fingerprint density at radius 1 is 1.45 bits per heavy atom. The van der Waals surface area contributed by atoms with Gasteiger partial charge < -0.3 is 10.2 Å². The molecule has 11 heavy (non-hydrogen) atoms. The van der Waals surface area contributed by atoms with E-state index in [1.165, 1.54) is 0 Å². The molecule has 0 heterocycles. The molecule has 0 fully saturated rings. The second kappa shape index (κ2) is 6.17. The van der Waals surface area contributed by atoms with Crippen molar-refractivity contribution in [1.29, 1.82) is 0 Å². The molecule has 0 amide bonds. The van der Waals surface area contributed by atoms with Crippen LogP contribution in [0.4, 0.5) is 0 Å². The smallest absolute Gasteiger partial charge is 0.0687 e. The molecule has 0 bridgehead atoms. The van der Waals surface area contributed by atoms with Crippen LogP contribution in [0.2, 0.25) is 0 Å². The number of aliphatic hydroxyl groups excluding tert-OH is 2. The summed E-state index contributed by atoms with van der Waals surface area (Å²) in [5.74, 6) is 2.52. The Hall–Kier alpha value is -0.560. The fourth-order valence-electron chi connectivity index (χ4n) is 0.731. The van der Waals surface area contributed by atoms with Crippen LogP contribution in [-0.2, 0) is 0 Å². The molecule has 0 aliphatic carbocycles. The fourth-order valence-corrected chi connectivity index (χ4v) is 0.731. The van der Waals surface area contributed by atoms with E-state index in [2.05, 4.69) is 11.2 Å².